The van der Waals surface area contributed by atoms with Crippen LogP contribution >= 0.6 is 15.9 Å². The van der Waals surface area contributed by atoms with Gasteiger partial charge < -0.3 is 10.0 Å². The number of halogens is 1. The summed E-state index contributed by atoms with van der Waals surface area (Å²) in [6.07, 6.45) is -0.198. The van der Waals surface area contributed by atoms with E-state index >= 15 is 0 Å². The number of hydrogen-bond donors (Lipinski definition) is 1. The first-order chi connectivity index (χ1) is 8.33. The Bertz CT molecular complexity index is 599. The molecule has 0 aliphatic carbocycles. The van der Waals surface area contributed by atoms with Gasteiger partial charge >= 0.3 is 5.97 Å². The highest BCUT2D eigenvalue weighted by Gasteiger charge is 2.35. The quantitative estimate of drug-likeness (QED) is 0.888. The van der Waals surface area contributed by atoms with E-state index in [1.807, 2.05) is 0 Å². The maximum atomic E-state index is 12.1. The van der Waals surface area contributed by atoms with Gasteiger partial charge in [0.25, 0.3) is 0 Å². The van der Waals surface area contributed by atoms with Crippen molar-refractivity contribution in [3.63, 3.8) is 0 Å². The van der Waals surface area contributed by atoms with E-state index in [9.17, 15) is 13.2 Å². The zero-order valence-electron chi connectivity index (χ0n) is 9.63. The standard InChI is InChI=1S/C11H12BrNO4S/c1-13-7(5-10(14)15)6-18(16,17)9-4-2-3-8(12)11(9)13/h2-4,7H,5-6H2,1H3,(H,14,15). The van der Waals surface area contributed by atoms with Crippen LogP contribution in [0.4, 0.5) is 5.69 Å². The maximum absolute atomic E-state index is 12.1. The summed E-state index contributed by atoms with van der Waals surface area (Å²) in [4.78, 5) is 12.8. The Morgan fingerprint density at radius 1 is 1.56 bits per heavy atom. The molecule has 1 atom stereocenters. The monoisotopic (exact) mass is 333 g/mol. The summed E-state index contributed by atoms with van der Waals surface area (Å²) in [7, 11) is -1.71. The van der Waals surface area contributed by atoms with Gasteiger partial charge in [-0.05, 0) is 28.1 Å². The number of hydrogen-bond acceptors (Lipinski definition) is 4. The van der Waals surface area contributed by atoms with Gasteiger partial charge in [-0.3, -0.25) is 4.79 Å². The van der Waals surface area contributed by atoms with Crippen LogP contribution in [0.5, 0.6) is 0 Å². The summed E-state index contributed by atoms with van der Waals surface area (Å²) in [6, 6.07) is 4.40. The van der Waals surface area contributed by atoms with Crippen molar-refractivity contribution < 1.29 is 18.3 Å². The molecule has 2 rings (SSSR count). The topological polar surface area (TPSA) is 74.7 Å². The summed E-state index contributed by atoms with van der Waals surface area (Å²) in [5, 5.41) is 8.84. The first kappa shape index (κ1) is 13.4. The molecule has 1 heterocycles. The highest BCUT2D eigenvalue weighted by Crippen LogP contribution is 2.38. The summed E-state index contributed by atoms with van der Waals surface area (Å²) in [6.45, 7) is 0. The van der Waals surface area contributed by atoms with Crippen LogP contribution in [0.1, 0.15) is 6.42 Å². The molecule has 1 aliphatic rings. The van der Waals surface area contributed by atoms with Crippen molar-refractivity contribution in [2.24, 2.45) is 0 Å². The fourth-order valence-electron chi connectivity index (χ4n) is 2.12. The minimum atomic E-state index is -3.43. The van der Waals surface area contributed by atoms with E-state index < -0.39 is 21.8 Å². The van der Waals surface area contributed by atoms with Gasteiger partial charge in [-0.1, -0.05) is 6.07 Å². The third kappa shape index (κ3) is 2.24. The molecule has 0 radical (unpaired) electrons. The molecule has 0 aromatic heterocycles. The average Bonchev–Trinajstić information content (AvgIpc) is 2.24. The largest absolute Gasteiger partial charge is 0.481 e. The van der Waals surface area contributed by atoms with Crippen LogP contribution in [0.3, 0.4) is 0 Å². The second-order valence-electron chi connectivity index (χ2n) is 4.23. The zero-order valence-corrected chi connectivity index (χ0v) is 12.0. The number of aliphatic carboxylic acids is 1. The van der Waals surface area contributed by atoms with Crippen LogP contribution in [0, 0.1) is 0 Å². The Labute approximate surface area is 113 Å². The van der Waals surface area contributed by atoms with E-state index in [4.69, 9.17) is 5.11 Å². The molecule has 1 aromatic carbocycles. The second kappa shape index (κ2) is 4.55. The third-order valence-electron chi connectivity index (χ3n) is 3.01. The molecule has 18 heavy (non-hydrogen) atoms. The molecule has 7 heteroatoms. The van der Waals surface area contributed by atoms with Gasteiger partial charge in [0.1, 0.15) is 0 Å². The van der Waals surface area contributed by atoms with Crippen molar-refractivity contribution in [3.8, 4) is 0 Å². The fourth-order valence-corrected chi connectivity index (χ4v) is 4.76. The molecular formula is C11H12BrNO4S. The number of nitrogens with zero attached hydrogens (tertiary/aromatic N) is 1. The van der Waals surface area contributed by atoms with Crippen LogP contribution in [-0.2, 0) is 14.6 Å². The van der Waals surface area contributed by atoms with Gasteiger partial charge in [-0.25, -0.2) is 8.42 Å². The van der Waals surface area contributed by atoms with Crippen LogP contribution in [0.25, 0.3) is 0 Å². The van der Waals surface area contributed by atoms with Gasteiger partial charge in [-0.2, -0.15) is 0 Å². The van der Waals surface area contributed by atoms with E-state index in [1.165, 1.54) is 0 Å². The summed E-state index contributed by atoms with van der Waals surface area (Å²) in [5.41, 5.74) is 0.537. The molecule has 0 saturated carbocycles. The SMILES string of the molecule is CN1c2c(Br)cccc2S(=O)(=O)CC1CC(=O)O. The number of anilines is 1. The number of para-hydroxylation sites is 1. The third-order valence-corrected chi connectivity index (χ3v) is 5.47. The van der Waals surface area contributed by atoms with Crippen molar-refractivity contribution >= 4 is 37.4 Å². The molecule has 98 valence electrons. The number of sulfone groups is 1. The number of rotatable bonds is 2. The molecule has 5 nitrogen and oxygen atoms in total. The first-order valence-corrected chi connectivity index (χ1v) is 7.73. The van der Waals surface area contributed by atoms with Crippen molar-refractivity contribution in [1.29, 1.82) is 0 Å². The molecule has 0 saturated heterocycles. The molecule has 0 bridgehead atoms. The fraction of sp³-hybridized carbons (Fsp3) is 0.364. The van der Waals surface area contributed by atoms with Crippen molar-refractivity contribution in [1.82, 2.24) is 0 Å². The summed E-state index contributed by atoms with van der Waals surface area (Å²) < 4.78 is 24.9. The van der Waals surface area contributed by atoms with E-state index in [2.05, 4.69) is 15.9 Å². The Balaban J connectivity index is 2.56. The average molecular weight is 334 g/mol. The lowest BCUT2D eigenvalue weighted by Crippen LogP contribution is -2.43. The predicted octanol–water partition coefficient (Wildman–Crippen LogP) is 1.52. The van der Waals surface area contributed by atoms with E-state index in [0.29, 0.717) is 10.2 Å². The molecule has 0 spiro atoms. The lowest BCUT2D eigenvalue weighted by molar-refractivity contribution is -0.137. The lowest BCUT2D eigenvalue weighted by Gasteiger charge is -2.35. The number of carbonyl (C=O) groups is 1. The molecular weight excluding hydrogens is 322 g/mol. The molecule has 1 aliphatic heterocycles. The molecule has 1 unspecified atom stereocenters. The Morgan fingerprint density at radius 2 is 2.22 bits per heavy atom. The second-order valence-corrected chi connectivity index (χ2v) is 7.09. The predicted molar refractivity (Wildman–Crippen MR) is 70.6 cm³/mol. The molecule has 0 amide bonds. The van der Waals surface area contributed by atoms with E-state index in [-0.39, 0.29) is 17.1 Å². The van der Waals surface area contributed by atoms with E-state index in [1.54, 1.807) is 30.1 Å². The van der Waals surface area contributed by atoms with Crippen LogP contribution in [0.2, 0.25) is 0 Å². The molecule has 0 fully saturated rings. The number of benzene rings is 1. The van der Waals surface area contributed by atoms with Crippen LogP contribution in [0.15, 0.2) is 27.6 Å². The number of carboxylic acid groups (broad SMARTS) is 1. The minimum absolute atomic E-state index is 0.167. The normalized spacial score (nSPS) is 21.4. The van der Waals surface area contributed by atoms with Gasteiger partial charge in [-0.15, -0.1) is 0 Å². The lowest BCUT2D eigenvalue weighted by atomic mass is 10.1. The van der Waals surface area contributed by atoms with Crippen LogP contribution in [-0.4, -0.2) is 38.3 Å². The molecule has 1 N–H and O–H groups in total. The number of carboxylic acids is 1. The van der Waals surface area contributed by atoms with Gasteiger partial charge in [0, 0.05) is 11.5 Å². The highest BCUT2D eigenvalue weighted by molar-refractivity contribution is 9.10. The highest BCUT2D eigenvalue weighted by atomic mass is 79.9. The summed E-state index contributed by atoms with van der Waals surface area (Å²) >= 11 is 3.31. The Hall–Kier alpha value is -1.08. The first-order valence-electron chi connectivity index (χ1n) is 5.29. The smallest absolute Gasteiger partial charge is 0.305 e. The van der Waals surface area contributed by atoms with Gasteiger partial charge in [0.2, 0.25) is 0 Å². The van der Waals surface area contributed by atoms with Crippen molar-refractivity contribution in [2.75, 3.05) is 17.7 Å². The number of fused-ring (bicyclic) bond motifs is 1. The van der Waals surface area contributed by atoms with Crippen molar-refractivity contribution in [3.05, 3.63) is 22.7 Å². The summed E-state index contributed by atoms with van der Waals surface area (Å²) in [5.74, 6) is -1.17. The van der Waals surface area contributed by atoms with Gasteiger partial charge in [0.15, 0.2) is 9.84 Å². The maximum Gasteiger partial charge on any atom is 0.305 e. The zero-order chi connectivity index (χ0) is 13.5. The Kier molecular flexibility index (Phi) is 3.37. The molecule has 1 aromatic rings. The van der Waals surface area contributed by atoms with Crippen LogP contribution < -0.4 is 4.90 Å². The Morgan fingerprint density at radius 3 is 2.83 bits per heavy atom. The van der Waals surface area contributed by atoms with E-state index in [0.717, 1.165) is 0 Å². The minimum Gasteiger partial charge on any atom is -0.481 e. The van der Waals surface area contributed by atoms with Gasteiger partial charge in [0.05, 0.1) is 28.8 Å². The van der Waals surface area contributed by atoms with Crippen molar-refractivity contribution in [2.45, 2.75) is 17.4 Å².